The second-order valence-electron chi connectivity index (χ2n) is 4.06. The highest BCUT2D eigenvalue weighted by molar-refractivity contribution is 14.1. The Labute approximate surface area is 130 Å². The summed E-state index contributed by atoms with van der Waals surface area (Å²) in [6.07, 6.45) is 0. The number of alkyl halides is 1. The van der Waals surface area contributed by atoms with E-state index in [0.717, 1.165) is 15.0 Å². The molecule has 0 saturated heterocycles. The van der Waals surface area contributed by atoms with Crippen LogP contribution in [0.1, 0.15) is 21.0 Å². The lowest BCUT2D eigenvalue weighted by molar-refractivity contribution is 0.0690. The van der Waals surface area contributed by atoms with Gasteiger partial charge in [-0.25, -0.2) is 9.48 Å². The van der Waals surface area contributed by atoms with Crippen molar-refractivity contribution in [3.8, 4) is 11.4 Å². The van der Waals surface area contributed by atoms with Crippen LogP contribution in [0.5, 0.6) is 5.75 Å². The lowest BCUT2D eigenvalue weighted by Crippen LogP contribution is -2.04. The Kier molecular flexibility index (Phi) is 3.25. The number of carboxylic acids is 1. The number of aromatic nitrogens is 2. The van der Waals surface area contributed by atoms with Crippen LogP contribution in [-0.2, 0) is 0 Å². The summed E-state index contributed by atoms with van der Waals surface area (Å²) in [5, 5.41) is 13.2. The van der Waals surface area contributed by atoms with E-state index in [1.807, 2.05) is 18.2 Å². The van der Waals surface area contributed by atoms with Crippen LogP contribution in [0, 0.1) is 3.57 Å². The predicted molar refractivity (Wildman–Crippen MR) is 80.4 cm³/mol. The highest BCUT2D eigenvalue weighted by Gasteiger charge is 2.25. The van der Waals surface area contributed by atoms with E-state index in [-0.39, 0.29) is 10.5 Å². The first-order valence-corrected chi connectivity index (χ1v) is 7.46. The first-order chi connectivity index (χ1) is 9.06. The molecule has 2 heterocycles. The first-order valence-electron chi connectivity index (χ1n) is 5.46. The minimum absolute atomic E-state index is 0.0335. The molecule has 1 aromatic heterocycles. The standard InChI is InChI=1S/C12H8BrIN2O3/c13-7-5-19-11-2-1-6(14)3-10(11)16-9(7)4-8(15-16)12(17)18/h1-4,7H,5H2,(H,17,18). The van der Waals surface area contributed by atoms with Gasteiger partial charge in [-0.05, 0) is 46.9 Å². The van der Waals surface area contributed by atoms with Gasteiger partial charge in [0, 0.05) is 3.57 Å². The molecule has 1 N–H and O–H groups in total. The average Bonchev–Trinajstić information content (AvgIpc) is 2.77. The van der Waals surface area contributed by atoms with Crippen molar-refractivity contribution in [3.63, 3.8) is 0 Å². The largest absolute Gasteiger partial charge is 0.490 e. The lowest BCUT2D eigenvalue weighted by atomic mass is 10.2. The summed E-state index contributed by atoms with van der Waals surface area (Å²) in [6, 6.07) is 7.30. The molecule has 0 spiro atoms. The quantitative estimate of drug-likeness (QED) is 0.553. The minimum Gasteiger partial charge on any atom is -0.490 e. The van der Waals surface area contributed by atoms with Crippen molar-refractivity contribution in [2.24, 2.45) is 0 Å². The van der Waals surface area contributed by atoms with E-state index in [2.05, 4.69) is 43.6 Å². The van der Waals surface area contributed by atoms with E-state index in [4.69, 9.17) is 9.84 Å². The van der Waals surface area contributed by atoms with Crippen LogP contribution in [0.25, 0.3) is 5.69 Å². The van der Waals surface area contributed by atoms with Crippen LogP contribution in [0.2, 0.25) is 0 Å². The van der Waals surface area contributed by atoms with E-state index in [0.29, 0.717) is 12.4 Å². The Morgan fingerprint density at radius 1 is 1.53 bits per heavy atom. The highest BCUT2D eigenvalue weighted by Crippen LogP contribution is 2.35. The Morgan fingerprint density at radius 3 is 3.05 bits per heavy atom. The Hall–Kier alpha value is -1.09. The van der Waals surface area contributed by atoms with Crippen molar-refractivity contribution in [2.45, 2.75) is 4.83 Å². The van der Waals surface area contributed by atoms with E-state index in [9.17, 15) is 4.79 Å². The van der Waals surface area contributed by atoms with Crippen molar-refractivity contribution < 1.29 is 14.6 Å². The van der Waals surface area contributed by atoms with Crippen molar-refractivity contribution >= 4 is 44.5 Å². The molecular weight excluding hydrogens is 427 g/mol. The molecule has 0 fully saturated rings. The van der Waals surface area contributed by atoms with Crippen LogP contribution >= 0.6 is 38.5 Å². The van der Waals surface area contributed by atoms with Crippen molar-refractivity contribution in [1.29, 1.82) is 0 Å². The molecule has 7 heteroatoms. The maximum atomic E-state index is 11.1. The topological polar surface area (TPSA) is 64.3 Å². The molecule has 1 atom stereocenters. The number of carboxylic acid groups (broad SMARTS) is 1. The SMILES string of the molecule is O=C(O)c1cc2n(n1)-c1cc(I)ccc1OCC2Br. The van der Waals surface area contributed by atoms with Crippen LogP contribution < -0.4 is 4.74 Å². The van der Waals surface area contributed by atoms with Crippen molar-refractivity contribution in [1.82, 2.24) is 9.78 Å². The number of fused-ring (bicyclic) bond motifs is 3. The molecule has 0 amide bonds. The number of nitrogens with zero attached hydrogens (tertiary/aromatic N) is 2. The molecular formula is C12H8BrIN2O3. The molecule has 0 bridgehead atoms. The van der Waals surface area contributed by atoms with Gasteiger partial charge in [0.05, 0.1) is 10.5 Å². The molecule has 1 aromatic carbocycles. The smallest absolute Gasteiger partial charge is 0.356 e. The zero-order valence-corrected chi connectivity index (χ0v) is 13.3. The van der Waals surface area contributed by atoms with E-state index in [1.54, 1.807) is 10.7 Å². The number of benzene rings is 1. The number of hydrogen-bond donors (Lipinski definition) is 1. The van der Waals surface area contributed by atoms with Crippen LogP contribution in [0.4, 0.5) is 0 Å². The van der Waals surface area contributed by atoms with Crippen LogP contribution in [-0.4, -0.2) is 27.5 Å². The van der Waals surface area contributed by atoms with Gasteiger partial charge < -0.3 is 9.84 Å². The fourth-order valence-corrected chi connectivity index (χ4v) is 2.88. The van der Waals surface area contributed by atoms with E-state index >= 15 is 0 Å². The van der Waals surface area contributed by atoms with Gasteiger partial charge in [0.2, 0.25) is 0 Å². The highest BCUT2D eigenvalue weighted by atomic mass is 127. The van der Waals surface area contributed by atoms with Crippen LogP contribution in [0.3, 0.4) is 0 Å². The summed E-state index contributed by atoms with van der Waals surface area (Å²) in [5.74, 6) is -0.336. The molecule has 98 valence electrons. The monoisotopic (exact) mass is 434 g/mol. The number of carbonyl (C=O) groups is 1. The Morgan fingerprint density at radius 2 is 2.32 bits per heavy atom. The molecule has 1 aliphatic heterocycles. The third-order valence-electron chi connectivity index (χ3n) is 2.81. The summed E-state index contributed by atoms with van der Waals surface area (Å²) < 4.78 is 8.36. The molecule has 19 heavy (non-hydrogen) atoms. The predicted octanol–water partition coefficient (Wildman–Crippen LogP) is 3.00. The number of ether oxygens (including phenoxy) is 1. The fraction of sp³-hybridized carbons (Fsp3) is 0.167. The summed E-state index contributed by atoms with van der Waals surface area (Å²) in [5.41, 5.74) is 1.57. The third kappa shape index (κ3) is 2.25. The second kappa shape index (κ2) is 4.78. The van der Waals surface area contributed by atoms with Crippen molar-refractivity contribution in [2.75, 3.05) is 6.61 Å². The Bertz CT molecular complexity index is 671. The lowest BCUT2D eigenvalue weighted by Gasteiger charge is -2.08. The van der Waals surface area contributed by atoms with Gasteiger partial charge in [0.1, 0.15) is 18.0 Å². The third-order valence-corrected chi connectivity index (χ3v) is 4.22. The molecule has 1 aliphatic rings. The number of rotatable bonds is 1. The average molecular weight is 435 g/mol. The molecule has 2 aromatic rings. The number of halogens is 2. The van der Waals surface area contributed by atoms with Gasteiger partial charge in [-0.15, -0.1) is 0 Å². The molecule has 3 rings (SSSR count). The number of aromatic carboxylic acids is 1. The number of hydrogen-bond acceptors (Lipinski definition) is 3. The van der Waals surface area contributed by atoms with Gasteiger partial charge in [-0.2, -0.15) is 5.10 Å². The van der Waals surface area contributed by atoms with Gasteiger partial charge in [0.25, 0.3) is 0 Å². The zero-order chi connectivity index (χ0) is 13.6. The Balaban J connectivity index is 2.25. The molecule has 0 radical (unpaired) electrons. The normalized spacial score (nSPS) is 17.1. The van der Waals surface area contributed by atoms with Gasteiger partial charge in [0.15, 0.2) is 5.69 Å². The molecule has 0 aliphatic carbocycles. The summed E-state index contributed by atoms with van der Waals surface area (Å²) in [4.78, 5) is 11.0. The minimum atomic E-state index is -1.03. The summed E-state index contributed by atoms with van der Waals surface area (Å²) in [7, 11) is 0. The zero-order valence-electron chi connectivity index (χ0n) is 9.51. The molecule has 0 saturated carbocycles. The second-order valence-corrected chi connectivity index (χ2v) is 6.41. The van der Waals surface area contributed by atoms with Crippen LogP contribution in [0.15, 0.2) is 24.3 Å². The van der Waals surface area contributed by atoms with Crippen molar-refractivity contribution in [3.05, 3.63) is 39.2 Å². The fourth-order valence-electron chi connectivity index (χ4n) is 1.94. The summed E-state index contributed by atoms with van der Waals surface area (Å²) >= 11 is 5.69. The maximum absolute atomic E-state index is 11.1. The maximum Gasteiger partial charge on any atom is 0.356 e. The molecule has 5 nitrogen and oxygen atoms in total. The molecule has 1 unspecified atom stereocenters. The first kappa shape index (κ1) is 12.9. The van der Waals surface area contributed by atoms with E-state index < -0.39 is 5.97 Å². The van der Waals surface area contributed by atoms with Gasteiger partial charge in [-0.3, -0.25) is 0 Å². The van der Waals surface area contributed by atoms with Gasteiger partial charge in [-0.1, -0.05) is 15.9 Å². The summed E-state index contributed by atoms with van der Waals surface area (Å²) in [6.45, 7) is 0.429. The van der Waals surface area contributed by atoms with Gasteiger partial charge >= 0.3 is 5.97 Å². The van der Waals surface area contributed by atoms with E-state index in [1.165, 1.54) is 0 Å².